The molecule has 0 saturated carbocycles. The minimum atomic E-state index is 0.303. The van der Waals surface area contributed by atoms with Crippen molar-refractivity contribution >= 4 is 21.4 Å². The zero-order valence-corrected chi connectivity index (χ0v) is 14.9. The molecule has 1 aromatic heterocycles. The highest BCUT2D eigenvalue weighted by Gasteiger charge is 2.33. The number of hydrogen-bond donors (Lipinski definition) is 1. The standard InChI is InChI=1S/C19H26N2O2S/c22-14-17-12-21(11-16(17)10-20-5-7-23-8-6-20)13-18-9-15-3-1-2-4-19(15)24-18/h1-4,9,16-17,22H,5-8,10-14H2/t16-,17-/m0/s1. The number of ether oxygens (including phenoxy) is 1. The minimum Gasteiger partial charge on any atom is -0.396 e. The van der Waals surface area contributed by atoms with E-state index < -0.39 is 0 Å². The van der Waals surface area contributed by atoms with Crippen LogP contribution in [0, 0.1) is 11.8 Å². The Morgan fingerprint density at radius 3 is 2.67 bits per heavy atom. The van der Waals surface area contributed by atoms with Crippen molar-refractivity contribution < 1.29 is 9.84 Å². The first kappa shape index (κ1) is 16.5. The topological polar surface area (TPSA) is 35.9 Å². The smallest absolute Gasteiger partial charge is 0.0594 e. The molecule has 0 aliphatic carbocycles. The van der Waals surface area contributed by atoms with E-state index in [1.807, 2.05) is 11.3 Å². The van der Waals surface area contributed by atoms with Gasteiger partial charge >= 0.3 is 0 Å². The van der Waals surface area contributed by atoms with Gasteiger partial charge in [-0.1, -0.05) is 18.2 Å². The van der Waals surface area contributed by atoms with Crippen LogP contribution in [-0.4, -0.2) is 67.5 Å². The Hall–Kier alpha value is -0.980. The van der Waals surface area contributed by atoms with Gasteiger partial charge in [-0.25, -0.2) is 0 Å². The molecule has 2 aliphatic rings. The van der Waals surface area contributed by atoms with E-state index in [4.69, 9.17) is 4.74 Å². The average molecular weight is 346 g/mol. The van der Waals surface area contributed by atoms with E-state index in [1.54, 1.807) is 0 Å². The predicted molar refractivity (Wildman–Crippen MR) is 98.4 cm³/mol. The summed E-state index contributed by atoms with van der Waals surface area (Å²) in [5, 5.41) is 11.1. The molecule has 4 rings (SSSR count). The second-order valence-electron chi connectivity index (χ2n) is 7.06. The fourth-order valence-corrected chi connectivity index (χ4v) is 5.14. The van der Waals surface area contributed by atoms with Gasteiger partial charge in [-0.15, -0.1) is 11.3 Å². The summed E-state index contributed by atoms with van der Waals surface area (Å²) in [6.45, 7) is 8.28. The van der Waals surface area contributed by atoms with Crippen LogP contribution in [0.3, 0.4) is 0 Å². The third-order valence-electron chi connectivity index (χ3n) is 5.34. The SMILES string of the molecule is OC[C@@H]1CN(Cc2cc3ccccc3s2)C[C@@H]1CN1CCOCC1. The number of morpholine rings is 1. The Labute approximate surface area is 147 Å². The number of benzene rings is 1. The molecule has 0 radical (unpaired) electrons. The molecular weight excluding hydrogens is 320 g/mol. The minimum absolute atomic E-state index is 0.303. The highest BCUT2D eigenvalue weighted by atomic mass is 32.1. The Kier molecular flexibility index (Phi) is 5.15. The lowest BCUT2D eigenvalue weighted by molar-refractivity contribution is 0.0264. The molecule has 2 atom stereocenters. The van der Waals surface area contributed by atoms with Gasteiger partial charge in [0, 0.05) is 55.5 Å². The Morgan fingerprint density at radius 2 is 1.88 bits per heavy atom. The third-order valence-corrected chi connectivity index (χ3v) is 6.44. The van der Waals surface area contributed by atoms with E-state index in [0.29, 0.717) is 18.4 Å². The number of aliphatic hydroxyl groups is 1. The van der Waals surface area contributed by atoms with Crippen molar-refractivity contribution in [1.82, 2.24) is 9.80 Å². The van der Waals surface area contributed by atoms with Crippen LogP contribution >= 0.6 is 11.3 Å². The van der Waals surface area contributed by atoms with Gasteiger partial charge in [0.05, 0.1) is 13.2 Å². The first-order chi connectivity index (χ1) is 11.8. The molecule has 1 N–H and O–H groups in total. The molecule has 0 bridgehead atoms. The van der Waals surface area contributed by atoms with Gasteiger partial charge < -0.3 is 9.84 Å². The molecule has 2 fully saturated rings. The van der Waals surface area contributed by atoms with Crippen LogP contribution in [0.5, 0.6) is 0 Å². The molecule has 24 heavy (non-hydrogen) atoms. The Balaban J connectivity index is 1.39. The van der Waals surface area contributed by atoms with Crippen LogP contribution in [0.1, 0.15) is 4.88 Å². The summed E-state index contributed by atoms with van der Waals surface area (Å²) in [5.74, 6) is 0.977. The predicted octanol–water partition coefficient (Wildman–Crippen LogP) is 2.27. The molecule has 2 saturated heterocycles. The van der Waals surface area contributed by atoms with E-state index in [1.165, 1.54) is 15.0 Å². The van der Waals surface area contributed by atoms with E-state index in [9.17, 15) is 5.11 Å². The van der Waals surface area contributed by atoms with Crippen molar-refractivity contribution in [2.45, 2.75) is 6.54 Å². The van der Waals surface area contributed by atoms with Gasteiger partial charge in [-0.2, -0.15) is 0 Å². The first-order valence-corrected chi connectivity index (χ1v) is 9.74. The molecule has 130 valence electrons. The molecule has 0 spiro atoms. The van der Waals surface area contributed by atoms with Gasteiger partial charge in [0.25, 0.3) is 0 Å². The van der Waals surface area contributed by atoms with Gasteiger partial charge in [0.1, 0.15) is 0 Å². The monoisotopic (exact) mass is 346 g/mol. The van der Waals surface area contributed by atoms with Gasteiger partial charge in [-0.05, 0) is 29.4 Å². The molecule has 2 aromatic rings. The molecule has 0 unspecified atom stereocenters. The molecule has 4 nitrogen and oxygen atoms in total. The largest absolute Gasteiger partial charge is 0.396 e. The first-order valence-electron chi connectivity index (χ1n) is 8.92. The lowest BCUT2D eigenvalue weighted by Crippen LogP contribution is -2.41. The maximum absolute atomic E-state index is 9.80. The Morgan fingerprint density at radius 1 is 1.08 bits per heavy atom. The number of aliphatic hydroxyl groups excluding tert-OH is 1. The maximum atomic E-state index is 9.80. The maximum Gasteiger partial charge on any atom is 0.0594 e. The zero-order valence-electron chi connectivity index (χ0n) is 14.1. The Bertz CT molecular complexity index is 635. The number of fused-ring (bicyclic) bond motifs is 1. The van der Waals surface area contributed by atoms with Crippen LogP contribution in [-0.2, 0) is 11.3 Å². The molecule has 1 aromatic carbocycles. The van der Waals surface area contributed by atoms with Crippen LogP contribution in [0.4, 0.5) is 0 Å². The summed E-state index contributed by atoms with van der Waals surface area (Å²) >= 11 is 1.90. The fraction of sp³-hybridized carbons (Fsp3) is 0.579. The summed E-state index contributed by atoms with van der Waals surface area (Å²) in [4.78, 5) is 6.45. The second kappa shape index (κ2) is 7.50. The zero-order chi connectivity index (χ0) is 16.4. The lowest BCUT2D eigenvalue weighted by atomic mass is 9.96. The van der Waals surface area contributed by atoms with E-state index in [-0.39, 0.29) is 0 Å². The van der Waals surface area contributed by atoms with Crippen LogP contribution in [0.25, 0.3) is 10.1 Å². The van der Waals surface area contributed by atoms with E-state index in [2.05, 4.69) is 40.1 Å². The molecule has 5 heteroatoms. The highest BCUT2D eigenvalue weighted by Crippen LogP contribution is 2.30. The summed E-state index contributed by atoms with van der Waals surface area (Å²) in [7, 11) is 0. The molecule has 0 amide bonds. The summed E-state index contributed by atoms with van der Waals surface area (Å²) < 4.78 is 6.82. The number of thiophene rings is 1. The van der Waals surface area contributed by atoms with Gasteiger partial charge in [0.15, 0.2) is 0 Å². The number of likely N-dealkylation sites (tertiary alicyclic amines) is 1. The lowest BCUT2D eigenvalue weighted by Gasteiger charge is -2.30. The molecule has 2 aliphatic heterocycles. The van der Waals surface area contributed by atoms with Crippen molar-refractivity contribution in [3.8, 4) is 0 Å². The van der Waals surface area contributed by atoms with Crippen molar-refractivity contribution in [2.24, 2.45) is 11.8 Å². The fourth-order valence-electron chi connectivity index (χ4n) is 4.03. The van der Waals surface area contributed by atoms with Crippen LogP contribution in [0.2, 0.25) is 0 Å². The van der Waals surface area contributed by atoms with Crippen molar-refractivity contribution in [1.29, 1.82) is 0 Å². The van der Waals surface area contributed by atoms with Crippen LogP contribution < -0.4 is 0 Å². The number of nitrogens with zero attached hydrogens (tertiary/aromatic N) is 2. The van der Waals surface area contributed by atoms with Gasteiger partial charge in [0.2, 0.25) is 0 Å². The quantitative estimate of drug-likeness (QED) is 0.901. The van der Waals surface area contributed by atoms with Crippen molar-refractivity contribution in [3.63, 3.8) is 0 Å². The molecular formula is C19H26N2O2S. The van der Waals surface area contributed by atoms with Crippen molar-refractivity contribution in [2.75, 3.05) is 52.5 Å². The molecule has 3 heterocycles. The average Bonchev–Trinajstić information content (AvgIpc) is 3.19. The normalized spacial score (nSPS) is 26.4. The second-order valence-corrected chi connectivity index (χ2v) is 8.23. The van der Waals surface area contributed by atoms with Gasteiger partial charge in [-0.3, -0.25) is 9.80 Å². The van der Waals surface area contributed by atoms with Crippen LogP contribution in [0.15, 0.2) is 30.3 Å². The van der Waals surface area contributed by atoms with E-state index in [0.717, 1.165) is 52.5 Å². The summed E-state index contributed by atoms with van der Waals surface area (Å²) in [5.41, 5.74) is 0. The van der Waals surface area contributed by atoms with Crippen molar-refractivity contribution in [3.05, 3.63) is 35.2 Å². The number of rotatable bonds is 5. The highest BCUT2D eigenvalue weighted by molar-refractivity contribution is 7.19. The summed E-state index contributed by atoms with van der Waals surface area (Å²) in [6, 6.07) is 10.9. The summed E-state index contributed by atoms with van der Waals surface area (Å²) in [6.07, 6.45) is 0. The third kappa shape index (κ3) is 3.65. The number of hydrogen-bond acceptors (Lipinski definition) is 5. The van der Waals surface area contributed by atoms with E-state index >= 15 is 0 Å².